The van der Waals surface area contributed by atoms with E-state index in [-0.39, 0.29) is 11.9 Å². The van der Waals surface area contributed by atoms with Gasteiger partial charge in [0, 0.05) is 6.61 Å². The van der Waals surface area contributed by atoms with Crippen molar-refractivity contribution < 1.29 is 14.3 Å². The van der Waals surface area contributed by atoms with E-state index in [4.69, 9.17) is 9.47 Å². The van der Waals surface area contributed by atoms with Gasteiger partial charge in [-0.3, -0.25) is 4.79 Å². The Bertz CT molecular complexity index is 594. The number of hydrogen-bond donors (Lipinski definition) is 0. The van der Waals surface area contributed by atoms with E-state index in [9.17, 15) is 4.79 Å². The Morgan fingerprint density at radius 3 is 2.43 bits per heavy atom. The molecule has 1 aromatic rings. The first-order valence-electron chi connectivity index (χ1n) is 11.6. The van der Waals surface area contributed by atoms with Crippen molar-refractivity contribution in [3.63, 3.8) is 0 Å². The highest BCUT2D eigenvalue weighted by molar-refractivity contribution is 5.75. The van der Waals surface area contributed by atoms with E-state index < -0.39 is 0 Å². The minimum atomic E-state index is -0.0264. The van der Waals surface area contributed by atoms with Gasteiger partial charge >= 0.3 is 5.97 Å². The number of rotatable bonds is 9. The van der Waals surface area contributed by atoms with Crippen LogP contribution in [0.1, 0.15) is 83.6 Å². The van der Waals surface area contributed by atoms with Crippen molar-refractivity contribution >= 4 is 5.97 Å². The number of hydrogen-bond acceptors (Lipinski definition) is 3. The standard InChI is InChI=1S/C25H38O3/c1-3-5-6-7-19-8-13-23(14-9-19)28-25(26)22-11-10-21-18-24(27-16-4-2)15-12-20(21)17-22/h8-9,13-14,20-22,24H,3-7,10-12,15-18H2,1-2H3. The highest BCUT2D eigenvalue weighted by Gasteiger charge is 2.38. The molecule has 0 N–H and O–H groups in total. The summed E-state index contributed by atoms with van der Waals surface area (Å²) in [5.74, 6) is 2.15. The quantitative estimate of drug-likeness (QED) is 0.282. The van der Waals surface area contributed by atoms with E-state index in [2.05, 4.69) is 26.0 Å². The lowest BCUT2D eigenvalue weighted by atomic mass is 9.67. The van der Waals surface area contributed by atoms with Crippen LogP contribution < -0.4 is 4.74 Å². The predicted molar refractivity (Wildman–Crippen MR) is 114 cm³/mol. The van der Waals surface area contributed by atoms with E-state index in [0.717, 1.165) is 51.0 Å². The van der Waals surface area contributed by atoms with Crippen LogP contribution in [0.2, 0.25) is 0 Å². The lowest BCUT2D eigenvalue weighted by Gasteiger charge is -2.41. The average molecular weight is 387 g/mol. The number of ether oxygens (including phenoxy) is 2. The number of esters is 1. The van der Waals surface area contributed by atoms with Gasteiger partial charge in [0.2, 0.25) is 0 Å². The molecule has 2 aliphatic carbocycles. The third-order valence-electron chi connectivity index (χ3n) is 6.67. The fourth-order valence-electron chi connectivity index (χ4n) is 5.00. The van der Waals surface area contributed by atoms with Gasteiger partial charge in [0.05, 0.1) is 12.0 Å². The second-order valence-corrected chi connectivity index (χ2v) is 8.86. The van der Waals surface area contributed by atoms with Gasteiger partial charge in [0.1, 0.15) is 5.75 Å². The Balaban J connectivity index is 1.45. The molecule has 4 atom stereocenters. The lowest BCUT2D eigenvalue weighted by Crippen LogP contribution is -2.37. The summed E-state index contributed by atoms with van der Waals surface area (Å²) in [7, 11) is 0. The number of unbranched alkanes of at least 4 members (excludes halogenated alkanes) is 2. The molecule has 3 heteroatoms. The number of fused-ring (bicyclic) bond motifs is 1. The molecule has 0 aromatic heterocycles. The first-order chi connectivity index (χ1) is 13.7. The van der Waals surface area contributed by atoms with Crippen molar-refractivity contribution in [1.82, 2.24) is 0 Å². The zero-order valence-electron chi connectivity index (χ0n) is 17.8. The van der Waals surface area contributed by atoms with Crippen LogP contribution in [0.5, 0.6) is 5.75 Å². The molecule has 3 rings (SSSR count). The van der Waals surface area contributed by atoms with E-state index in [0.29, 0.717) is 17.8 Å². The Hall–Kier alpha value is -1.35. The number of carbonyl (C=O) groups is 1. The van der Waals surface area contributed by atoms with Crippen LogP contribution in [-0.4, -0.2) is 18.7 Å². The summed E-state index contributed by atoms with van der Waals surface area (Å²) in [5.41, 5.74) is 1.33. The fourth-order valence-corrected chi connectivity index (χ4v) is 5.00. The van der Waals surface area contributed by atoms with Crippen molar-refractivity contribution in [3.8, 4) is 5.75 Å². The van der Waals surface area contributed by atoms with Crippen LogP contribution in [-0.2, 0) is 16.0 Å². The number of aryl methyl sites for hydroxylation is 1. The van der Waals surface area contributed by atoms with Crippen LogP contribution in [0.3, 0.4) is 0 Å². The Morgan fingerprint density at radius 2 is 1.68 bits per heavy atom. The first kappa shape index (κ1) is 21.4. The molecule has 1 aromatic carbocycles. The summed E-state index contributed by atoms with van der Waals surface area (Å²) in [4.78, 5) is 12.7. The Kier molecular flexibility index (Phi) is 8.39. The van der Waals surface area contributed by atoms with Gasteiger partial charge in [-0.25, -0.2) is 0 Å². The summed E-state index contributed by atoms with van der Waals surface area (Å²) in [6, 6.07) is 8.13. The maximum Gasteiger partial charge on any atom is 0.314 e. The van der Waals surface area contributed by atoms with Crippen molar-refractivity contribution in [2.75, 3.05) is 6.61 Å². The number of carbonyl (C=O) groups excluding carboxylic acids is 1. The van der Waals surface area contributed by atoms with Crippen LogP contribution >= 0.6 is 0 Å². The summed E-state index contributed by atoms with van der Waals surface area (Å²) >= 11 is 0. The minimum Gasteiger partial charge on any atom is -0.426 e. The monoisotopic (exact) mass is 386 g/mol. The molecule has 0 heterocycles. The third kappa shape index (κ3) is 6.07. The average Bonchev–Trinajstić information content (AvgIpc) is 2.73. The molecule has 0 amide bonds. The summed E-state index contributed by atoms with van der Waals surface area (Å²) < 4.78 is 11.7. The van der Waals surface area contributed by atoms with Crippen molar-refractivity contribution in [1.29, 1.82) is 0 Å². The minimum absolute atomic E-state index is 0.0264. The van der Waals surface area contributed by atoms with Crippen molar-refractivity contribution in [2.45, 2.75) is 90.6 Å². The van der Waals surface area contributed by atoms with E-state index in [1.54, 1.807) is 0 Å². The zero-order chi connectivity index (χ0) is 19.8. The summed E-state index contributed by atoms with van der Waals surface area (Å²) in [6.45, 7) is 5.28. The Labute approximate surface area is 171 Å². The smallest absolute Gasteiger partial charge is 0.314 e. The normalized spacial score (nSPS) is 27.2. The molecule has 2 saturated carbocycles. The van der Waals surface area contributed by atoms with Gasteiger partial charge in [-0.1, -0.05) is 38.8 Å². The Morgan fingerprint density at radius 1 is 0.929 bits per heavy atom. The van der Waals surface area contributed by atoms with Gasteiger partial charge in [-0.15, -0.1) is 0 Å². The third-order valence-corrected chi connectivity index (χ3v) is 6.67. The summed E-state index contributed by atoms with van der Waals surface area (Å²) in [6.07, 6.45) is 13.0. The molecule has 0 saturated heterocycles. The maximum absolute atomic E-state index is 12.7. The molecule has 2 aliphatic rings. The molecule has 156 valence electrons. The predicted octanol–water partition coefficient (Wildman–Crippen LogP) is 6.34. The second-order valence-electron chi connectivity index (χ2n) is 8.86. The van der Waals surface area contributed by atoms with E-state index in [1.165, 1.54) is 37.7 Å². The fraction of sp³-hybridized carbons (Fsp3) is 0.720. The zero-order valence-corrected chi connectivity index (χ0v) is 17.8. The SMILES string of the molecule is CCCCCc1ccc(OC(=O)C2CCC3CC(OCCC)CCC3C2)cc1. The van der Waals surface area contributed by atoms with Crippen molar-refractivity contribution in [2.24, 2.45) is 17.8 Å². The van der Waals surface area contributed by atoms with Crippen LogP contribution in [0.4, 0.5) is 0 Å². The lowest BCUT2D eigenvalue weighted by molar-refractivity contribution is -0.141. The molecular weight excluding hydrogens is 348 g/mol. The molecule has 3 nitrogen and oxygen atoms in total. The highest BCUT2D eigenvalue weighted by Crippen LogP contribution is 2.43. The molecule has 0 spiro atoms. The molecule has 0 aliphatic heterocycles. The van der Waals surface area contributed by atoms with Gasteiger partial charge in [-0.2, -0.15) is 0 Å². The van der Waals surface area contributed by atoms with Crippen LogP contribution in [0.25, 0.3) is 0 Å². The van der Waals surface area contributed by atoms with E-state index >= 15 is 0 Å². The van der Waals surface area contributed by atoms with Gasteiger partial charge in [-0.05, 0) is 87.3 Å². The van der Waals surface area contributed by atoms with Gasteiger partial charge < -0.3 is 9.47 Å². The van der Waals surface area contributed by atoms with Crippen LogP contribution in [0.15, 0.2) is 24.3 Å². The molecule has 28 heavy (non-hydrogen) atoms. The molecule has 2 fully saturated rings. The van der Waals surface area contributed by atoms with Crippen molar-refractivity contribution in [3.05, 3.63) is 29.8 Å². The first-order valence-corrected chi connectivity index (χ1v) is 11.6. The highest BCUT2D eigenvalue weighted by atomic mass is 16.5. The largest absolute Gasteiger partial charge is 0.426 e. The second kappa shape index (κ2) is 11.0. The maximum atomic E-state index is 12.7. The molecular formula is C25H38O3. The topological polar surface area (TPSA) is 35.5 Å². The number of benzene rings is 1. The van der Waals surface area contributed by atoms with Gasteiger partial charge in [0.25, 0.3) is 0 Å². The van der Waals surface area contributed by atoms with Crippen LogP contribution in [0, 0.1) is 17.8 Å². The summed E-state index contributed by atoms with van der Waals surface area (Å²) in [5, 5.41) is 0. The molecule has 0 radical (unpaired) electrons. The van der Waals surface area contributed by atoms with Gasteiger partial charge in [0.15, 0.2) is 0 Å². The van der Waals surface area contributed by atoms with E-state index in [1.807, 2.05) is 12.1 Å². The molecule has 4 unspecified atom stereocenters. The molecule has 0 bridgehead atoms.